The van der Waals surface area contributed by atoms with Crippen molar-refractivity contribution in [1.82, 2.24) is 5.32 Å². The van der Waals surface area contributed by atoms with Crippen LogP contribution in [0, 0.1) is 0 Å². The molecule has 0 amide bonds. The smallest absolute Gasteiger partial charge is 0.0779 e. The average molecular weight is 348 g/mol. The maximum absolute atomic E-state index is 6.28. The van der Waals surface area contributed by atoms with Gasteiger partial charge in [0.2, 0.25) is 0 Å². The average Bonchev–Trinajstić information content (AvgIpc) is 2.79. The van der Waals surface area contributed by atoms with Crippen molar-refractivity contribution in [2.75, 3.05) is 19.7 Å². The SMILES string of the molecule is CC1(CNC(CN)c2ccc(Br)cc2Cl)CCCO1. The van der Waals surface area contributed by atoms with Crippen LogP contribution in [-0.4, -0.2) is 25.3 Å². The Morgan fingerprint density at radius 3 is 2.95 bits per heavy atom. The Bertz CT molecular complexity index is 435. The number of ether oxygens (including phenoxy) is 1. The van der Waals surface area contributed by atoms with Gasteiger partial charge in [0.15, 0.2) is 0 Å². The van der Waals surface area contributed by atoms with Crippen LogP contribution in [0.1, 0.15) is 31.4 Å². The zero-order valence-electron chi connectivity index (χ0n) is 11.1. The Morgan fingerprint density at radius 1 is 1.58 bits per heavy atom. The van der Waals surface area contributed by atoms with E-state index in [2.05, 4.69) is 28.2 Å². The van der Waals surface area contributed by atoms with Crippen LogP contribution < -0.4 is 11.1 Å². The summed E-state index contributed by atoms with van der Waals surface area (Å²) < 4.78 is 6.75. The van der Waals surface area contributed by atoms with Crippen molar-refractivity contribution in [1.29, 1.82) is 0 Å². The molecule has 3 nitrogen and oxygen atoms in total. The van der Waals surface area contributed by atoms with E-state index in [0.29, 0.717) is 6.54 Å². The summed E-state index contributed by atoms with van der Waals surface area (Å²) >= 11 is 9.69. The number of halogens is 2. The van der Waals surface area contributed by atoms with Crippen molar-refractivity contribution >= 4 is 27.5 Å². The Hall–Kier alpha value is -0.130. The van der Waals surface area contributed by atoms with Gasteiger partial charge in [-0.2, -0.15) is 0 Å². The molecule has 19 heavy (non-hydrogen) atoms. The number of hydrogen-bond donors (Lipinski definition) is 2. The van der Waals surface area contributed by atoms with Gasteiger partial charge in [-0.1, -0.05) is 33.6 Å². The topological polar surface area (TPSA) is 47.3 Å². The predicted octanol–water partition coefficient (Wildman–Crippen LogP) is 3.26. The Morgan fingerprint density at radius 2 is 2.37 bits per heavy atom. The molecule has 0 radical (unpaired) electrons. The fraction of sp³-hybridized carbons (Fsp3) is 0.571. The lowest BCUT2D eigenvalue weighted by Gasteiger charge is -2.27. The normalized spacial score (nSPS) is 24.6. The molecule has 0 aromatic heterocycles. The van der Waals surface area contributed by atoms with E-state index < -0.39 is 0 Å². The lowest BCUT2D eigenvalue weighted by molar-refractivity contribution is 0.0189. The van der Waals surface area contributed by atoms with Gasteiger partial charge in [0.25, 0.3) is 0 Å². The summed E-state index contributed by atoms with van der Waals surface area (Å²) in [5, 5.41) is 4.21. The van der Waals surface area contributed by atoms with Gasteiger partial charge in [0.05, 0.1) is 5.60 Å². The van der Waals surface area contributed by atoms with E-state index in [1.165, 1.54) is 0 Å². The van der Waals surface area contributed by atoms with Gasteiger partial charge >= 0.3 is 0 Å². The van der Waals surface area contributed by atoms with Crippen LogP contribution in [0.3, 0.4) is 0 Å². The third-order valence-electron chi connectivity index (χ3n) is 3.60. The maximum Gasteiger partial charge on any atom is 0.0779 e. The van der Waals surface area contributed by atoms with Crippen LogP contribution in [0.4, 0.5) is 0 Å². The Labute approximate surface area is 128 Å². The first-order valence-electron chi connectivity index (χ1n) is 6.56. The van der Waals surface area contributed by atoms with Gasteiger partial charge in [-0.15, -0.1) is 0 Å². The van der Waals surface area contributed by atoms with E-state index in [1.807, 2.05) is 18.2 Å². The number of benzene rings is 1. The molecule has 1 heterocycles. The van der Waals surface area contributed by atoms with Gasteiger partial charge in [-0.05, 0) is 37.5 Å². The molecule has 2 atom stereocenters. The molecule has 106 valence electrons. The van der Waals surface area contributed by atoms with E-state index in [-0.39, 0.29) is 11.6 Å². The highest BCUT2D eigenvalue weighted by molar-refractivity contribution is 9.10. The second-order valence-corrected chi connectivity index (χ2v) is 6.56. The van der Waals surface area contributed by atoms with Crippen LogP contribution >= 0.6 is 27.5 Å². The molecule has 3 N–H and O–H groups in total. The summed E-state index contributed by atoms with van der Waals surface area (Å²) in [6.07, 6.45) is 2.22. The molecule has 1 aliphatic heterocycles. The fourth-order valence-electron chi connectivity index (χ4n) is 2.42. The molecule has 2 unspecified atom stereocenters. The molecule has 0 aliphatic carbocycles. The summed E-state index contributed by atoms with van der Waals surface area (Å²) in [5.41, 5.74) is 6.83. The first-order valence-corrected chi connectivity index (χ1v) is 7.73. The van der Waals surface area contributed by atoms with Gasteiger partial charge in [-0.3, -0.25) is 0 Å². The highest BCUT2D eigenvalue weighted by atomic mass is 79.9. The van der Waals surface area contributed by atoms with E-state index >= 15 is 0 Å². The number of nitrogens with two attached hydrogens (primary N) is 1. The minimum atomic E-state index is -0.0741. The predicted molar refractivity (Wildman–Crippen MR) is 82.5 cm³/mol. The van der Waals surface area contributed by atoms with E-state index in [4.69, 9.17) is 22.1 Å². The summed E-state index contributed by atoms with van der Waals surface area (Å²) in [5.74, 6) is 0. The minimum Gasteiger partial charge on any atom is -0.374 e. The quantitative estimate of drug-likeness (QED) is 0.859. The molecule has 0 saturated carbocycles. The molecule has 2 rings (SSSR count). The van der Waals surface area contributed by atoms with Crippen LogP contribution in [0.25, 0.3) is 0 Å². The Balaban J connectivity index is 2.03. The van der Waals surface area contributed by atoms with Gasteiger partial charge < -0.3 is 15.8 Å². The van der Waals surface area contributed by atoms with E-state index in [0.717, 1.165) is 41.1 Å². The van der Waals surface area contributed by atoms with E-state index in [9.17, 15) is 0 Å². The van der Waals surface area contributed by atoms with Gasteiger partial charge in [0.1, 0.15) is 0 Å². The third kappa shape index (κ3) is 3.92. The highest BCUT2D eigenvalue weighted by Gasteiger charge is 2.30. The maximum atomic E-state index is 6.28. The zero-order chi connectivity index (χ0) is 13.9. The third-order valence-corrected chi connectivity index (χ3v) is 4.42. The first kappa shape index (κ1) is 15.3. The summed E-state index contributed by atoms with van der Waals surface area (Å²) in [6, 6.07) is 5.95. The molecular weight excluding hydrogens is 328 g/mol. The van der Waals surface area contributed by atoms with Gasteiger partial charge in [0, 0.05) is 35.2 Å². The van der Waals surface area contributed by atoms with E-state index in [1.54, 1.807) is 0 Å². The fourth-order valence-corrected chi connectivity index (χ4v) is 3.22. The van der Waals surface area contributed by atoms with Crippen molar-refractivity contribution in [3.05, 3.63) is 33.3 Å². The number of nitrogens with one attached hydrogen (secondary N) is 1. The van der Waals surface area contributed by atoms with Crippen LogP contribution in [0.15, 0.2) is 22.7 Å². The zero-order valence-corrected chi connectivity index (χ0v) is 13.4. The van der Waals surface area contributed by atoms with Crippen molar-refractivity contribution in [2.45, 2.75) is 31.4 Å². The molecule has 5 heteroatoms. The van der Waals surface area contributed by atoms with Crippen molar-refractivity contribution in [3.63, 3.8) is 0 Å². The lowest BCUT2D eigenvalue weighted by atomic mass is 10.0. The standard InChI is InChI=1S/C14H20BrClN2O/c1-14(5-2-6-19-14)9-18-13(8-17)11-4-3-10(15)7-12(11)16/h3-4,7,13,18H,2,5-6,8-9,17H2,1H3. The molecular formula is C14H20BrClN2O. The molecule has 1 saturated heterocycles. The van der Waals surface area contributed by atoms with Crippen molar-refractivity contribution in [2.24, 2.45) is 5.73 Å². The summed E-state index contributed by atoms with van der Waals surface area (Å²) in [4.78, 5) is 0. The monoisotopic (exact) mass is 346 g/mol. The highest BCUT2D eigenvalue weighted by Crippen LogP contribution is 2.28. The lowest BCUT2D eigenvalue weighted by Crippen LogP contribution is -2.41. The summed E-state index contributed by atoms with van der Waals surface area (Å²) in [6.45, 7) is 4.30. The molecule has 1 aliphatic rings. The van der Waals surface area contributed by atoms with Crippen LogP contribution in [0.5, 0.6) is 0 Å². The second-order valence-electron chi connectivity index (χ2n) is 5.24. The second kappa shape index (κ2) is 6.55. The minimum absolute atomic E-state index is 0.0571. The molecule has 1 aromatic rings. The molecule has 0 bridgehead atoms. The number of hydrogen-bond acceptors (Lipinski definition) is 3. The molecule has 1 fully saturated rings. The summed E-state index contributed by atoms with van der Waals surface area (Å²) in [7, 11) is 0. The largest absolute Gasteiger partial charge is 0.374 e. The van der Waals surface area contributed by atoms with Crippen molar-refractivity contribution in [3.8, 4) is 0 Å². The number of rotatable bonds is 5. The van der Waals surface area contributed by atoms with Gasteiger partial charge in [-0.25, -0.2) is 0 Å². The van der Waals surface area contributed by atoms with Crippen LogP contribution in [0.2, 0.25) is 5.02 Å². The molecule has 0 spiro atoms. The first-order chi connectivity index (χ1) is 9.04. The van der Waals surface area contributed by atoms with Crippen molar-refractivity contribution < 1.29 is 4.74 Å². The Kier molecular flexibility index (Phi) is 5.26. The van der Waals surface area contributed by atoms with Crippen LogP contribution in [-0.2, 0) is 4.74 Å². The molecule has 1 aromatic carbocycles.